The average Bonchev–Trinajstić information content (AvgIpc) is 3.08. The molecule has 0 aliphatic carbocycles. The lowest BCUT2D eigenvalue weighted by atomic mass is 9.95. The van der Waals surface area contributed by atoms with E-state index in [9.17, 15) is 4.79 Å². The fourth-order valence-electron chi connectivity index (χ4n) is 2.00. The van der Waals surface area contributed by atoms with Crippen LogP contribution in [0.4, 0.5) is 0 Å². The summed E-state index contributed by atoms with van der Waals surface area (Å²) in [4.78, 5) is 16.1. The van der Waals surface area contributed by atoms with Crippen LogP contribution in [0, 0.1) is 0 Å². The zero-order valence-electron chi connectivity index (χ0n) is 13.0. The smallest absolute Gasteiger partial charge is 0.263 e. The van der Waals surface area contributed by atoms with Crippen LogP contribution in [0.25, 0.3) is 0 Å². The van der Waals surface area contributed by atoms with Crippen molar-refractivity contribution in [1.82, 2.24) is 25.5 Å². The van der Waals surface area contributed by atoms with Crippen molar-refractivity contribution in [2.45, 2.75) is 39.0 Å². The number of carbonyl (C=O) groups is 1. The lowest BCUT2D eigenvalue weighted by Gasteiger charge is -2.19. The first-order valence-electron chi connectivity index (χ1n) is 6.88. The van der Waals surface area contributed by atoms with Crippen LogP contribution >= 0.6 is 11.3 Å². The summed E-state index contributed by atoms with van der Waals surface area (Å²) < 4.78 is 0. The SMILES string of the molecule is C[C@H](CN(C)C(=O)c1ccc(C(C)(C)C)s1)c1nn[nH]n1. The van der Waals surface area contributed by atoms with E-state index < -0.39 is 0 Å². The van der Waals surface area contributed by atoms with Gasteiger partial charge in [0.05, 0.1) is 4.88 Å². The van der Waals surface area contributed by atoms with Gasteiger partial charge in [0, 0.05) is 24.4 Å². The van der Waals surface area contributed by atoms with E-state index in [1.807, 2.05) is 19.1 Å². The zero-order valence-corrected chi connectivity index (χ0v) is 13.9. The van der Waals surface area contributed by atoms with Gasteiger partial charge in [-0.1, -0.05) is 32.9 Å². The number of nitrogens with zero attached hydrogens (tertiary/aromatic N) is 4. The number of aromatic amines is 1. The molecule has 1 N–H and O–H groups in total. The molecule has 0 saturated heterocycles. The minimum Gasteiger partial charge on any atom is -0.340 e. The molecule has 0 bridgehead atoms. The van der Waals surface area contributed by atoms with E-state index in [0.717, 1.165) is 4.88 Å². The van der Waals surface area contributed by atoms with Crippen LogP contribution in [0.5, 0.6) is 0 Å². The number of hydrogen-bond acceptors (Lipinski definition) is 5. The van der Waals surface area contributed by atoms with Crippen LogP contribution in [0.3, 0.4) is 0 Å². The quantitative estimate of drug-likeness (QED) is 0.941. The highest BCUT2D eigenvalue weighted by Crippen LogP contribution is 2.30. The first-order valence-corrected chi connectivity index (χ1v) is 7.70. The van der Waals surface area contributed by atoms with Gasteiger partial charge in [-0.15, -0.1) is 21.5 Å². The summed E-state index contributed by atoms with van der Waals surface area (Å²) in [5.41, 5.74) is 0.0691. The number of amides is 1. The largest absolute Gasteiger partial charge is 0.340 e. The second kappa shape index (κ2) is 5.93. The van der Waals surface area contributed by atoms with E-state index in [1.54, 1.807) is 23.3 Å². The van der Waals surface area contributed by atoms with Gasteiger partial charge in [0.15, 0.2) is 5.82 Å². The molecule has 0 spiro atoms. The number of rotatable bonds is 4. The van der Waals surface area contributed by atoms with E-state index >= 15 is 0 Å². The number of thiophene rings is 1. The molecule has 0 aliphatic heterocycles. The zero-order chi connectivity index (χ0) is 15.6. The van der Waals surface area contributed by atoms with Crippen molar-refractivity contribution in [3.05, 3.63) is 27.7 Å². The van der Waals surface area contributed by atoms with Gasteiger partial charge in [0.1, 0.15) is 0 Å². The predicted molar refractivity (Wildman–Crippen MR) is 82.6 cm³/mol. The van der Waals surface area contributed by atoms with E-state index in [0.29, 0.717) is 12.4 Å². The molecule has 6 nitrogen and oxygen atoms in total. The van der Waals surface area contributed by atoms with Gasteiger partial charge in [-0.2, -0.15) is 5.21 Å². The minimum atomic E-state index is 0.0332. The Hall–Kier alpha value is -1.76. The Bertz CT molecular complexity index is 599. The van der Waals surface area contributed by atoms with Crippen LogP contribution in [-0.2, 0) is 5.41 Å². The molecule has 0 saturated carbocycles. The first-order chi connectivity index (χ1) is 9.79. The van der Waals surface area contributed by atoms with Crippen molar-refractivity contribution in [2.24, 2.45) is 0 Å². The third-order valence-corrected chi connectivity index (χ3v) is 4.75. The number of nitrogens with one attached hydrogen (secondary N) is 1. The van der Waals surface area contributed by atoms with E-state index in [2.05, 4.69) is 41.4 Å². The summed E-state index contributed by atoms with van der Waals surface area (Å²) in [5.74, 6) is 0.696. The van der Waals surface area contributed by atoms with Crippen LogP contribution in [0.1, 0.15) is 54.0 Å². The van der Waals surface area contributed by atoms with Crippen molar-refractivity contribution < 1.29 is 4.79 Å². The van der Waals surface area contributed by atoms with Gasteiger partial charge in [0.25, 0.3) is 5.91 Å². The molecule has 7 heteroatoms. The monoisotopic (exact) mass is 307 g/mol. The summed E-state index contributed by atoms with van der Waals surface area (Å²) >= 11 is 1.56. The molecular weight excluding hydrogens is 286 g/mol. The van der Waals surface area contributed by atoms with Crippen molar-refractivity contribution in [3.8, 4) is 0 Å². The van der Waals surface area contributed by atoms with Crippen molar-refractivity contribution in [2.75, 3.05) is 13.6 Å². The number of H-pyrrole nitrogens is 1. The van der Waals surface area contributed by atoms with Gasteiger partial charge in [-0.25, -0.2) is 0 Å². The molecule has 2 heterocycles. The Labute approximate surface area is 128 Å². The molecule has 1 atom stereocenters. The topological polar surface area (TPSA) is 74.8 Å². The molecule has 2 rings (SSSR count). The van der Waals surface area contributed by atoms with Crippen LogP contribution < -0.4 is 0 Å². The maximum absolute atomic E-state index is 12.5. The third-order valence-electron chi connectivity index (χ3n) is 3.25. The van der Waals surface area contributed by atoms with Crippen molar-refractivity contribution >= 4 is 17.2 Å². The summed E-state index contributed by atoms with van der Waals surface area (Å²) in [5, 5.41) is 13.9. The highest BCUT2D eigenvalue weighted by Gasteiger charge is 2.22. The maximum atomic E-state index is 12.5. The maximum Gasteiger partial charge on any atom is 0.263 e. The molecule has 0 aliphatic rings. The Balaban J connectivity index is 2.04. The molecule has 21 heavy (non-hydrogen) atoms. The molecule has 0 radical (unpaired) electrons. The summed E-state index contributed by atoms with van der Waals surface area (Å²) in [6, 6.07) is 3.94. The van der Waals surface area contributed by atoms with Crippen molar-refractivity contribution in [1.29, 1.82) is 0 Å². The second-order valence-corrected chi connectivity index (χ2v) is 7.35. The van der Waals surface area contributed by atoms with Crippen LogP contribution in [0.15, 0.2) is 12.1 Å². The van der Waals surface area contributed by atoms with Crippen molar-refractivity contribution in [3.63, 3.8) is 0 Å². The Morgan fingerprint density at radius 1 is 1.43 bits per heavy atom. The summed E-state index contributed by atoms with van der Waals surface area (Å²) in [6.45, 7) is 8.98. The standard InChI is InChI=1S/C14H21N5OS/c1-9(12-15-17-18-16-12)8-19(5)13(20)10-6-7-11(21-10)14(2,3)4/h6-7,9H,8H2,1-5H3,(H,15,16,17,18)/t9-/m1/s1. The minimum absolute atomic E-state index is 0.0332. The molecule has 2 aromatic heterocycles. The van der Waals surface area contributed by atoms with E-state index in [4.69, 9.17) is 0 Å². The molecular formula is C14H21N5OS. The van der Waals surface area contributed by atoms with Gasteiger partial charge < -0.3 is 4.90 Å². The predicted octanol–water partition coefficient (Wildman–Crippen LogP) is 2.43. The fourth-order valence-corrected chi connectivity index (χ4v) is 3.06. The number of tetrazole rings is 1. The average molecular weight is 307 g/mol. The normalized spacial score (nSPS) is 13.2. The van der Waals surface area contributed by atoms with Gasteiger partial charge >= 0.3 is 0 Å². The molecule has 2 aromatic rings. The molecule has 0 unspecified atom stereocenters. The van der Waals surface area contributed by atoms with Gasteiger partial charge in [0.2, 0.25) is 0 Å². The number of carbonyl (C=O) groups excluding carboxylic acids is 1. The van der Waals surface area contributed by atoms with Gasteiger partial charge in [-0.3, -0.25) is 4.79 Å². The molecule has 114 valence electrons. The second-order valence-electron chi connectivity index (χ2n) is 6.27. The van der Waals surface area contributed by atoms with Crippen LogP contribution in [0.2, 0.25) is 0 Å². The third kappa shape index (κ3) is 3.66. The molecule has 1 amide bonds. The first kappa shape index (κ1) is 15.6. The molecule has 0 aromatic carbocycles. The Morgan fingerprint density at radius 2 is 2.14 bits per heavy atom. The summed E-state index contributed by atoms with van der Waals surface area (Å²) in [7, 11) is 1.80. The fraction of sp³-hybridized carbons (Fsp3) is 0.571. The number of likely N-dealkylation sites (N-methyl/N-ethyl adjacent to an activating group) is 1. The number of aromatic nitrogens is 4. The van der Waals surface area contributed by atoms with E-state index in [1.165, 1.54) is 4.88 Å². The molecule has 0 fully saturated rings. The van der Waals surface area contributed by atoms with E-state index in [-0.39, 0.29) is 17.2 Å². The number of hydrogen-bond donors (Lipinski definition) is 1. The van der Waals surface area contributed by atoms with Gasteiger partial charge in [-0.05, 0) is 17.5 Å². The lowest BCUT2D eigenvalue weighted by molar-refractivity contribution is 0.0792. The lowest BCUT2D eigenvalue weighted by Crippen LogP contribution is -2.30. The highest BCUT2D eigenvalue weighted by atomic mass is 32.1. The Kier molecular flexibility index (Phi) is 4.41. The highest BCUT2D eigenvalue weighted by molar-refractivity contribution is 7.14. The summed E-state index contributed by atoms with van der Waals surface area (Å²) in [6.07, 6.45) is 0. The Morgan fingerprint density at radius 3 is 2.67 bits per heavy atom. The van der Waals surface area contributed by atoms with Crippen LogP contribution in [-0.4, -0.2) is 45.0 Å².